The average Bonchev–Trinajstić information content (AvgIpc) is 3.47. The average molecular weight is 405 g/mol. The van der Waals surface area contributed by atoms with Crippen molar-refractivity contribution in [1.82, 2.24) is 20.0 Å². The molecule has 5 rings (SSSR count). The number of thiazole rings is 1. The largest absolute Gasteiger partial charge is 0.454 e. The zero-order chi connectivity index (χ0) is 19.8. The molecule has 1 aliphatic rings. The molecule has 0 atom stereocenters. The smallest absolute Gasteiger partial charge is 0.278 e. The Morgan fingerprint density at radius 3 is 2.83 bits per heavy atom. The molecule has 4 aromatic rings. The lowest BCUT2D eigenvalue weighted by Crippen LogP contribution is -2.14. The zero-order valence-electron chi connectivity index (χ0n) is 15.3. The number of carbonyl (C=O) groups is 1. The molecular weight excluding hydrogens is 390 g/mol. The highest BCUT2D eigenvalue weighted by molar-refractivity contribution is 7.12. The first kappa shape index (κ1) is 17.4. The van der Waals surface area contributed by atoms with Crippen molar-refractivity contribution >= 4 is 22.9 Å². The highest BCUT2D eigenvalue weighted by Gasteiger charge is 2.20. The summed E-state index contributed by atoms with van der Waals surface area (Å²) in [5.41, 5.74) is 3.31. The molecule has 0 saturated carbocycles. The molecule has 9 heteroatoms. The van der Waals surface area contributed by atoms with E-state index in [-0.39, 0.29) is 18.4 Å². The number of nitrogens with one attached hydrogen (secondary N) is 1. The first-order chi connectivity index (χ1) is 14.2. The number of fused-ring (bicyclic) bond motifs is 1. The second-order valence-electron chi connectivity index (χ2n) is 6.34. The van der Waals surface area contributed by atoms with E-state index in [9.17, 15) is 4.79 Å². The summed E-state index contributed by atoms with van der Waals surface area (Å²) >= 11 is 1.44. The van der Waals surface area contributed by atoms with Gasteiger partial charge >= 0.3 is 0 Å². The summed E-state index contributed by atoms with van der Waals surface area (Å²) in [5, 5.41) is 13.6. The SMILES string of the molecule is Cc1c(C(=O)Nc2ccc3c(c2)OCO3)nnn1-c1nc(-c2ccccc2)cs1. The van der Waals surface area contributed by atoms with E-state index in [0.717, 1.165) is 11.3 Å². The number of rotatable bonds is 4. The molecule has 0 spiro atoms. The molecule has 1 aliphatic heterocycles. The highest BCUT2D eigenvalue weighted by Crippen LogP contribution is 2.34. The molecule has 0 radical (unpaired) electrons. The Balaban J connectivity index is 1.38. The molecule has 8 nitrogen and oxygen atoms in total. The van der Waals surface area contributed by atoms with Crippen molar-refractivity contribution in [3.05, 3.63) is 65.3 Å². The molecule has 0 saturated heterocycles. The van der Waals surface area contributed by atoms with Crippen LogP contribution in [0.1, 0.15) is 16.2 Å². The van der Waals surface area contributed by atoms with Crippen molar-refractivity contribution in [3.8, 4) is 27.9 Å². The highest BCUT2D eigenvalue weighted by atomic mass is 32.1. The van der Waals surface area contributed by atoms with Crippen LogP contribution in [0.4, 0.5) is 5.69 Å². The van der Waals surface area contributed by atoms with Gasteiger partial charge in [0, 0.05) is 22.7 Å². The van der Waals surface area contributed by atoms with Crippen molar-refractivity contribution in [3.63, 3.8) is 0 Å². The van der Waals surface area contributed by atoms with E-state index in [2.05, 4.69) is 20.6 Å². The third kappa shape index (κ3) is 3.21. The van der Waals surface area contributed by atoms with Crippen LogP contribution in [0.15, 0.2) is 53.9 Å². The minimum atomic E-state index is -0.354. The molecule has 1 amide bonds. The number of benzene rings is 2. The second kappa shape index (κ2) is 7.02. The lowest BCUT2D eigenvalue weighted by Gasteiger charge is -2.05. The quantitative estimate of drug-likeness (QED) is 0.557. The van der Waals surface area contributed by atoms with Crippen LogP contribution in [-0.4, -0.2) is 32.7 Å². The van der Waals surface area contributed by atoms with E-state index in [1.54, 1.807) is 29.8 Å². The number of amides is 1. The van der Waals surface area contributed by atoms with Crippen molar-refractivity contribution in [2.24, 2.45) is 0 Å². The summed E-state index contributed by atoms with van der Waals surface area (Å²) in [5.74, 6) is 0.898. The Bertz CT molecular complexity index is 1200. The van der Waals surface area contributed by atoms with Crippen molar-refractivity contribution in [1.29, 1.82) is 0 Å². The Labute approximate surface area is 169 Å². The molecule has 0 aliphatic carbocycles. The van der Waals surface area contributed by atoms with Crippen LogP contribution < -0.4 is 14.8 Å². The maximum Gasteiger partial charge on any atom is 0.278 e. The standard InChI is InChI=1S/C20H15N5O3S/c1-12-18(19(26)21-14-7-8-16-17(9-14)28-11-27-16)23-24-25(12)20-22-15(10-29-20)13-5-3-2-4-6-13/h2-10H,11H2,1H3,(H,21,26). The van der Waals surface area contributed by atoms with Gasteiger partial charge in [0.25, 0.3) is 5.91 Å². The Hall–Kier alpha value is -3.72. The van der Waals surface area contributed by atoms with Crippen molar-refractivity contribution < 1.29 is 14.3 Å². The summed E-state index contributed by atoms with van der Waals surface area (Å²) in [4.78, 5) is 17.3. The van der Waals surface area contributed by atoms with E-state index in [4.69, 9.17) is 9.47 Å². The van der Waals surface area contributed by atoms with Gasteiger partial charge in [0.05, 0.1) is 11.4 Å². The summed E-state index contributed by atoms with van der Waals surface area (Å²) in [6.07, 6.45) is 0. The topological polar surface area (TPSA) is 91.2 Å². The molecule has 0 unspecified atom stereocenters. The maximum atomic E-state index is 12.7. The van der Waals surface area contributed by atoms with Gasteiger partial charge < -0.3 is 14.8 Å². The van der Waals surface area contributed by atoms with Crippen LogP contribution in [0.5, 0.6) is 11.5 Å². The van der Waals surface area contributed by atoms with Gasteiger partial charge in [-0.15, -0.1) is 16.4 Å². The number of hydrogen-bond donors (Lipinski definition) is 1. The van der Waals surface area contributed by atoms with Gasteiger partial charge in [-0.3, -0.25) is 4.79 Å². The monoisotopic (exact) mass is 405 g/mol. The molecule has 2 aromatic heterocycles. The van der Waals surface area contributed by atoms with Gasteiger partial charge in [-0.05, 0) is 19.1 Å². The Morgan fingerprint density at radius 1 is 1.14 bits per heavy atom. The van der Waals surface area contributed by atoms with Crippen LogP contribution in [-0.2, 0) is 0 Å². The van der Waals surface area contributed by atoms with Crippen molar-refractivity contribution in [2.75, 3.05) is 12.1 Å². The predicted molar refractivity (Wildman–Crippen MR) is 108 cm³/mol. The third-order valence-electron chi connectivity index (χ3n) is 4.48. The van der Waals surface area contributed by atoms with Gasteiger partial charge in [-0.2, -0.15) is 4.68 Å². The van der Waals surface area contributed by atoms with Crippen LogP contribution in [0.3, 0.4) is 0 Å². The molecule has 2 aromatic carbocycles. The number of hydrogen-bond acceptors (Lipinski definition) is 7. The lowest BCUT2D eigenvalue weighted by atomic mass is 10.2. The molecule has 0 fully saturated rings. The van der Waals surface area contributed by atoms with Crippen LogP contribution in [0, 0.1) is 6.92 Å². The molecular formula is C20H15N5O3S. The molecule has 0 bridgehead atoms. The Kier molecular flexibility index (Phi) is 4.21. The van der Waals surface area contributed by atoms with E-state index >= 15 is 0 Å². The minimum absolute atomic E-state index is 0.180. The summed E-state index contributed by atoms with van der Waals surface area (Å²) in [6.45, 7) is 1.97. The number of nitrogens with zero attached hydrogens (tertiary/aromatic N) is 4. The first-order valence-electron chi connectivity index (χ1n) is 8.83. The van der Waals surface area contributed by atoms with Crippen LogP contribution in [0.2, 0.25) is 0 Å². The predicted octanol–water partition coefficient (Wildman–Crippen LogP) is 3.68. The van der Waals surface area contributed by atoms with Crippen molar-refractivity contribution in [2.45, 2.75) is 6.92 Å². The number of aromatic nitrogens is 4. The third-order valence-corrected chi connectivity index (χ3v) is 5.30. The molecule has 144 valence electrons. The normalized spacial score (nSPS) is 12.2. The number of ether oxygens (including phenoxy) is 2. The fraction of sp³-hybridized carbons (Fsp3) is 0.100. The zero-order valence-corrected chi connectivity index (χ0v) is 16.1. The minimum Gasteiger partial charge on any atom is -0.454 e. The number of carbonyl (C=O) groups excluding carboxylic acids is 1. The van der Waals surface area contributed by atoms with Crippen LogP contribution >= 0.6 is 11.3 Å². The van der Waals surface area contributed by atoms with E-state index in [1.807, 2.05) is 35.7 Å². The fourth-order valence-corrected chi connectivity index (χ4v) is 3.82. The van der Waals surface area contributed by atoms with Gasteiger partial charge in [-0.25, -0.2) is 4.98 Å². The summed E-state index contributed by atoms with van der Waals surface area (Å²) < 4.78 is 12.2. The lowest BCUT2D eigenvalue weighted by molar-refractivity contribution is 0.102. The fourth-order valence-electron chi connectivity index (χ4n) is 2.99. The van der Waals surface area contributed by atoms with Gasteiger partial charge in [0.15, 0.2) is 17.2 Å². The van der Waals surface area contributed by atoms with E-state index < -0.39 is 0 Å². The summed E-state index contributed by atoms with van der Waals surface area (Å²) in [7, 11) is 0. The van der Waals surface area contributed by atoms with E-state index in [1.165, 1.54) is 11.3 Å². The molecule has 29 heavy (non-hydrogen) atoms. The summed E-state index contributed by atoms with van der Waals surface area (Å²) in [6, 6.07) is 15.1. The van der Waals surface area contributed by atoms with Gasteiger partial charge in [-0.1, -0.05) is 35.5 Å². The maximum absolute atomic E-state index is 12.7. The number of anilines is 1. The van der Waals surface area contributed by atoms with Crippen LogP contribution in [0.25, 0.3) is 16.4 Å². The molecule has 1 N–H and O–H groups in total. The Morgan fingerprint density at radius 2 is 1.97 bits per heavy atom. The molecule has 3 heterocycles. The van der Waals surface area contributed by atoms with Gasteiger partial charge in [0.2, 0.25) is 11.9 Å². The van der Waals surface area contributed by atoms with E-state index in [0.29, 0.717) is 28.0 Å². The second-order valence-corrected chi connectivity index (χ2v) is 7.18. The van der Waals surface area contributed by atoms with Gasteiger partial charge in [0.1, 0.15) is 0 Å². The first-order valence-corrected chi connectivity index (χ1v) is 9.71.